The molecule has 0 unspecified atom stereocenters. The van der Waals surface area contributed by atoms with Gasteiger partial charge in [-0.25, -0.2) is 19.3 Å². The summed E-state index contributed by atoms with van der Waals surface area (Å²) >= 11 is 1.57. The van der Waals surface area contributed by atoms with Crippen LogP contribution in [0.3, 0.4) is 0 Å². The van der Waals surface area contributed by atoms with Crippen molar-refractivity contribution in [1.29, 1.82) is 0 Å². The van der Waals surface area contributed by atoms with Crippen molar-refractivity contribution in [2.75, 3.05) is 5.73 Å². The normalized spacial score (nSPS) is 11.1. The number of pyridine rings is 1. The minimum atomic E-state index is -0.570. The van der Waals surface area contributed by atoms with Crippen molar-refractivity contribution in [3.05, 3.63) is 103 Å². The molecule has 6 rings (SSSR count). The van der Waals surface area contributed by atoms with Crippen molar-refractivity contribution in [3.8, 4) is 44.5 Å². The number of carbonyl (C=O) groups excluding carboxylic acids is 1. The number of hydrogen-bond acceptors (Lipinski definition) is 8. The molecule has 0 aliphatic rings. The third-order valence-electron chi connectivity index (χ3n) is 7.39. The Kier molecular flexibility index (Phi) is 8.10. The summed E-state index contributed by atoms with van der Waals surface area (Å²) in [5, 5.41) is 8.01. The van der Waals surface area contributed by atoms with Crippen LogP contribution in [-0.4, -0.2) is 30.6 Å². The number of fused-ring (bicyclic) bond motifs is 1. The Hall–Kier alpha value is -5.42. The van der Waals surface area contributed by atoms with Gasteiger partial charge in [-0.1, -0.05) is 30.8 Å². The molecule has 3 N–H and O–H groups in total. The number of anilines is 1. The van der Waals surface area contributed by atoms with Gasteiger partial charge in [0.2, 0.25) is 5.91 Å². The SMILES string of the molecule is C=CC(=O)NCc1ccc(-c2sc3c(-c4cnn(CC)c4)cnc(N)c3c2-c2ccc(Oc3nccc(C)n3)c(F)c2)c(C)c1. The van der Waals surface area contributed by atoms with Crippen molar-refractivity contribution >= 4 is 33.1 Å². The predicted octanol–water partition coefficient (Wildman–Crippen LogP) is 7.24. The van der Waals surface area contributed by atoms with Crippen LogP contribution < -0.4 is 15.8 Å². The lowest BCUT2D eigenvalue weighted by Gasteiger charge is -2.12. The summed E-state index contributed by atoms with van der Waals surface area (Å²) in [6, 6.07) is 12.6. The molecule has 4 heterocycles. The first-order valence-electron chi connectivity index (χ1n) is 14.3. The van der Waals surface area contributed by atoms with Crippen LogP contribution in [0.15, 0.2) is 79.9 Å². The van der Waals surface area contributed by atoms with E-state index in [2.05, 4.69) is 31.9 Å². The number of benzene rings is 2. The molecule has 4 aromatic heterocycles. The van der Waals surface area contributed by atoms with Gasteiger partial charge in [0.15, 0.2) is 11.6 Å². The summed E-state index contributed by atoms with van der Waals surface area (Å²) in [6.07, 6.45) is 8.35. The van der Waals surface area contributed by atoms with Gasteiger partial charge in [0.1, 0.15) is 5.82 Å². The fourth-order valence-corrected chi connectivity index (χ4v) is 6.59. The van der Waals surface area contributed by atoms with Crippen LogP contribution in [0.1, 0.15) is 23.7 Å². The highest BCUT2D eigenvalue weighted by Crippen LogP contribution is 2.50. The predicted molar refractivity (Wildman–Crippen MR) is 175 cm³/mol. The molecule has 0 aliphatic carbocycles. The van der Waals surface area contributed by atoms with Crippen molar-refractivity contribution < 1.29 is 13.9 Å². The van der Waals surface area contributed by atoms with Gasteiger partial charge >= 0.3 is 6.01 Å². The van der Waals surface area contributed by atoms with Crippen molar-refractivity contribution in [1.82, 2.24) is 30.0 Å². The van der Waals surface area contributed by atoms with Gasteiger partial charge in [-0.2, -0.15) is 5.10 Å². The molecule has 0 atom stereocenters. The van der Waals surface area contributed by atoms with Gasteiger partial charge in [0.25, 0.3) is 0 Å². The Morgan fingerprint density at radius 1 is 1.11 bits per heavy atom. The number of nitrogens with one attached hydrogen (secondary N) is 1. The number of aryl methyl sites for hydroxylation is 3. The average molecular weight is 620 g/mol. The summed E-state index contributed by atoms with van der Waals surface area (Å²) < 4.78 is 24.1. The van der Waals surface area contributed by atoms with E-state index in [0.29, 0.717) is 23.6 Å². The van der Waals surface area contributed by atoms with Gasteiger partial charge in [0.05, 0.1) is 6.20 Å². The van der Waals surface area contributed by atoms with Gasteiger partial charge in [-0.15, -0.1) is 11.3 Å². The quantitative estimate of drug-likeness (QED) is 0.164. The number of rotatable bonds is 9. The van der Waals surface area contributed by atoms with E-state index in [9.17, 15) is 4.79 Å². The minimum absolute atomic E-state index is 0.00584. The fourth-order valence-electron chi connectivity index (χ4n) is 5.13. The summed E-state index contributed by atoms with van der Waals surface area (Å²) in [5.41, 5.74) is 13.3. The first-order valence-corrected chi connectivity index (χ1v) is 15.1. The highest BCUT2D eigenvalue weighted by Gasteiger charge is 2.24. The number of nitrogen functional groups attached to an aromatic ring is 1. The lowest BCUT2D eigenvalue weighted by Crippen LogP contribution is -2.19. The monoisotopic (exact) mass is 619 g/mol. The molecule has 0 saturated heterocycles. The molecule has 9 nitrogen and oxygen atoms in total. The molecule has 6 aromatic rings. The molecule has 226 valence electrons. The molecule has 11 heteroatoms. The van der Waals surface area contributed by atoms with Gasteiger partial charge in [0, 0.05) is 69.0 Å². The maximum absolute atomic E-state index is 15.7. The number of amides is 1. The first-order chi connectivity index (χ1) is 21.7. The number of ether oxygens (including phenoxy) is 1. The topological polar surface area (TPSA) is 121 Å². The Morgan fingerprint density at radius 2 is 1.96 bits per heavy atom. The molecule has 2 aromatic carbocycles. The van der Waals surface area contributed by atoms with E-state index in [1.807, 2.05) is 56.0 Å². The van der Waals surface area contributed by atoms with Crippen LogP contribution in [0.25, 0.3) is 42.8 Å². The minimum Gasteiger partial charge on any atom is -0.421 e. The Bertz CT molecular complexity index is 2090. The molecule has 0 aliphatic heterocycles. The maximum atomic E-state index is 15.7. The third-order valence-corrected chi connectivity index (χ3v) is 8.65. The second-order valence-electron chi connectivity index (χ2n) is 10.5. The second-order valence-corrected chi connectivity index (χ2v) is 11.5. The standard InChI is InChI=1S/C34H30FN7O2S/c1-5-28(43)38-15-21-7-9-24(19(3)13-21)31-29(22-8-10-27(26(35)14-22)44-34-37-12-11-20(4)41-34)30-32(45-31)25(17-39-33(30)36)23-16-40-42(6-2)18-23/h5,7-14,16-18H,1,6,15H2,2-4H3,(H2,36,39)(H,38,43). The zero-order valence-corrected chi connectivity index (χ0v) is 25.8. The van der Waals surface area contributed by atoms with Crippen molar-refractivity contribution in [2.45, 2.75) is 33.9 Å². The largest absolute Gasteiger partial charge is 0.421 e. The summed E-state index contributed by atoms with van der Waals surface area (Å²) in [4.78, 5) is 25.5. The summed E-state index contributed by atoms with van der Waals surface area (Å²) in [5.74, 6) is -0.468. The number of hydrogen-bond donors (Lipinski definition) is 2. The van der Waals surface area contributed by atoms with Crippen LogP contribution in [0, 0.1) is 19.7 Å². The van der Waals surface area contributed by atoms with Gasteiger partial charge < -0.3 is 15.8 Å². The van der Waals surface area contributed by atoms with E-state index in [-0.39, 0.29) is 17.7 Å². The van der Waals surface area contributed by atoms with Crippen molar-refractivity contribution in [3.63, 3.8) is 0 Å². The van der Waals surface area contributed by atoms with E-state index >= 15 is 4.39 Å². The van der Waals surface area contributed by atoms with E-state index in [4.69, 9.17) is 10.5 Å². The highest BCUT2D eigenvalue weighted by atomic mass is 32.1. The van der Waals surface area contributed by atoms with E-state index < -0.39 is 5.82 Å². The van der Waals surface area contributed by atoms with Crippen molar-refractivity contribution in [2.24, 2.45) is 0 Å². The molecule has 0 bridgehead atoms. The fraction of sp³-hybridized carbons (Fsp3) is 0.147. The average Bonchev–Trinajstić information content (AvgIpc) is 3.67. The smallest absolute Gasteiger partial charge is 0.322 e. The zero-order valence-electron chi connectivity index (χ0n) is 25.0. The van der Waals surface area contributed by atoms with Gasteiger partial charge in [-0.05, 0) is 67.3 Å². The number of aromatic nitrogens is 5. The molecule has 0 spiro atoms. The zero-order chi connectivity index (χ0) is 31.7. The molecular weight excluding hydrogens is 589 g/mol. The molecule has 0 radical (unpaired) electrons. The number of carbonyl (C=O) groups is 1. The number of nitrogens with zero attached hydrogens (tertiary/aromatic N) is 5. The van der Waals surface area contributed by atoms with E-state index in [1.54, 1.807) is 41.9 Å². The maximum Gasteiger partial charge on any atom is 0.322 e. The molecule has 0 saturated carbocycles. The molecule has 45 heavy (non-hydrogen) atoms. The van der Waals surface area contributed by atoms with Crippen LogP contribution >= 0.6 is 11.3 Å². The number of halogens is 1. The summed E-state index contributed by atoms with van der Waals surface area (Å²) in [7, 11) is 0. The Morgan fingerprint density at radius 3 is 2.67 bits per heavy atom. The van der Waals surface area contributed by atoms with Gasteiger partial charge in [-0.3, -0.25) is 9.48 Å². The summed E-state index contributed by atoms with van der Waals surface area (Å²) in [6.45, 7) is 10.4. The second kappa shape index (κ2) is 12.3. The lowest BCUT2D eigenvalue weighted by atomic mass is 9.95. The number of thiophene rings is 1. The van der Waals surface area contributed by atoms with Crippen LogP contribution in [-0.2, 0) is 17.9 Å². The number of nitrogens with two attached hydrogens (primary N) is 1. The highest BCUT2D eigenvalue weighted by molar-refractivity contribution is 7.23. The molecule has 0 fully saturated rings. The first kappa shape index (κ1) is 29.6. The van der Waals surface area contributed by atoms with E-state index in [0.717, 1.165) is 54.9 Å². The van der Waals surface area contributed by atoms with E-state index in [1.165, 1.54) is 12.1 Å². The van der Waals surface area contributed by atoms with Crippen LogP contribution in [0.4, 0.5) is 10.2 Å². The molecular formula is C34H30FN7O2S. The Labute approximate surface area is 263 Å². The Balaban J connectivity index is 1.52. The lowest BCUT2D eigenvalue weighted by molar-refractivity contribution is -0.116. The van der Waals surface area contributed by atoms with Crippen LogP contribution in [0.2, 0.25) is 0 Å². The molecule has 1 amide bonds. The van der Waals surface area contributed by atoms with Crippen LogP contribution in [0.5, 0.6) is 11.8 Å². The third kappa shape index (κ3) is 5.89.